The number of aromatic nitrogens is 1. The number of ether oxygens (including phenoxy) is 1. The van der Waals surface area contributed by atoms with Crippen molar-refractivity contribution in [2.75, 3.05) is 32.7 Å². The van der Waals surface area contributed by atoms with Gasteiger partial charge < -0.3 is 30.5 Å². The average molecular weight is 725 g/mol. The highest BCUT2D eigenvalue weighted by molar-refractivity contribution is 7.13. The maximum Gasteiger partial charge on any atom is 0.407 e. The molecule has 3 heterocycles. The molecule has 282 valence electrons. The van der Waals surface area contributed by atoms with Gasteiger partial charge >= 0.3 is 6.09 Å². The minimum absolute atomic E-state index is 0.126. The highest BCUT2D eigenvalue weighted by atomic mass is 32.1. The lowest BCUT2D eigenvalue weighted by Gasteiger charge is -2.35. The average Bonchev–Trinajstić information content (AvgIpc) is 3.74. The molecule has 1 aromatic heterocycles. The third-order valence-electron chi connectivity index (χ3n) is 9.70. The molecule has 2 saturated heterocycles. The van der Waals surface area contributed by atoms with Gasteiger partial charge in [0.05, 0.1) is 16.1 Å². The number of nitrogens with one attached hydrogen (secondary N) is 3. The maximum absolute atomic E-state index is 13.9. The Morgan fingerprint density at radius 3 is 2.27 bits per heavy atom. The summed E-state index contributed by atoms with van der Waals surface area (Å²) in [6.45, 7) is 18.0. The molecule has 0 saturated carbocycles. The monoisotopic (exact) mass is 724 g/mol. The van der Waals surface area contributed by atoms with E-state index in [1.54, 1.807) is 16.2 Å². The van der Waals surface area contributed by atoms with Crippen molar-refractivity contribution < 1.29 is 23.9 Å². The van der Waals surface area contributed by atoms with E-state index in [9.17, 15) is 19.2 Å². The third kappa shape index (κ3) is 12.6. The van der Waals surface area contributed by atoms with E-state index in [1.807, 2.05) is 78.2 Å². The molecule has 2 atom stereocenters. The zero-order chi connectivity index (χ0) is 37.2. The summed E-state index contributed by atoms with van der Waals surface area (Å²) in [5, 5.41) is 8.98. The molecule has 4 rings (SSSR count). The van der Waals surface area contributed by atoms with Gasteiger partial charge in [0, 0.05) is 26.1 Å². The van der Waals surface area contributed by atoms with Crippen LogP contribution in [0.15, 0.2) is 29.8 Å². The molecule has 0 aliphatic carbocycles. The predicted molar refractivity (Wildman–Crippen MR) is 202 cm³/mol. The van der Waals surface area contributed by atoms with Crippen LogP contribution < -0.4 is 16.0 Å². The summed E-state index contributed by atoms with van der Waals surface area (Å²) in [5.74, 6) is -0.0195. The third-order valence-corrected chi connectivity index (χ3v) is 10.7. The quantitative estimate of drug-likeness (QED) is 0.202. The van der Waals surface area contributed by atoms with E-state index in [4.69, 9.17) is 4.74 Å². The number of carbonyl (C=O) groups is 4. The molecule has 3 N–H and O–H groups in total. The van der Waals surface area contributed by atoms with Crippen LogP contribution in [0, 0.1) is 18.3 Å². The van der Waals surface area contributed by atoms with Crippen molar-refractivity contribution in [3.05, 3.63) is 41.0 Å². The first-order valence-corrected chi connectivity index (χ1v) is 19.5. The Bertz CT molecular complexity index is 1460. The smallest absolute Gasteiger partial charge is 0.407 e. The largest absolute Gasteiger partial charge is 0.444 e. The molecule has 0 bridgehead atoms. The number of piperidine rings is 1. The lowest BCUT2D eigenvalue weighted by atomic mass is 9.85. The molecular weight excluding hydrogens is 665 g/mol. The molecule has 2 fully saturated rings. The molecule has 11 nitrogen and oxygen atoms in total. The summed E-state index contributed by atoms with van der Waals surface area (Å²) in [7, 11) is 0. The molecule has 12 heteroatoms. The molecule has 0 spiro atoms. The van der Waals surface area contributed by atoms with Gasteiger partial charge in [0.2, 0.25) is 17.7 Å². The van der Waals surface area contributed by atoms with Gasteiger partial charge in [-0.2, -0.15) is 0 Å². The van der Waals surface area contributed by atoms with E-state index in [1.165, 1.54) is 0 Å². The fraction of sp³-hybridized carbons (Fsp3) is 0.667. The normalized spacial score (nSPS) is 17.9. The molecule has 1 aromatic carbocycles. The maximum atomic E-state index is 13.9. The van der Waals surface area contributed by atoms with Crippen LogP contribution in [0.4, 0.5) is 4.79 Å². The SMILES string of the molecule is Cc1ncsc1-c1ccc(CNC(=O)C2CCCN2C(=O)C(NC(=O)CCCCCN2CCC(CNC(=O)OC(C)(C)C)CC2)C(C)(C)C)cc1. The number of alkyl carbamates (subject to hydrolysis) is 1. The van der Waals surface area contributed by atoms with Gasteiger partial charge in [-0.1, -0.05) is 51.5 Å². The van der Waals surface area contributed by atoms with Crippen LogP contribution >= 0.6 is 11.3 Å². The summed E-state index contributed by atoms with van der Waals surface area (Å²) < 4.78 is 5.34. The summed E-state index contributed by atoms with van der Waals surface area (Å²) in [6, 6.07) is 6.85. The lowest BCUT2D eigenvalue weighted by Crippen LogP contribution is -2.57. The number of hydrogen-bond acceptors (Lipinski definition) is 8. The Hall–Kier alpha value is -3.51. The van der Waals surface area contributed by atoms with Crippen LogP contribution in [0.1, 0.15) is 104 Å². The molecule has 0 radical (unpaired) electrons. The Balaban J connectivity index is 1.16. The minimum atomic E-state index is -0.716. The van der Waals surface area contributed by atoms with Gasteiger partial charge in [0.25, 0.3) is 0 Å². The van der Waals surface area contributed by atoms with Crippen molar-refractivity contribution in [2.45, 2.75) is 124 Å². The van der Waals surface area contributed by atoms with E-state index in [0.717, 1.165) is 79.9 Å². The first-order valence-electron chi connectivity index (χ1n) is 18.7. The summed E-state index contributed by atoms with van der Waals surface area (Å²) >= 11 is 1.61. The van der Waals surface area contributed by atoms with Crippen LogP contribution in [-0.4, -0.2) is 89.0 Å². The summed E-state index contributed by atoms with van der Waals surface area (Å²) in [5.41, 5.74) is 3.93. The zero-order valence-electron chi connectivity index (χ0n) is 31.8. The first kappa shape index (κ1) is 40.3. The molecule has 2 unspecified atom stereocenters. The van der Waals surface area contributed by atoms with Crippen LogP contribution in [0.2, 0.25) is 0 Å². The van der Waals surface area contributed by atoms with Crippen LogP contribution in [-0.2, 0) is 25.7 Å². The Morgan fingerprint density at radius 1 is 0.941 bits per heavy atom. The van der Waals surface area contributed by atoms with Crippen LogP contribution in [0.25, 0.3) is 10.4 Å². The number of amides is 4. The number of likely N-dealkylation sites (tertiary alicyclic amines) is 2. The fourth-order valence-electron chi connectivity index (χ4n) is 6.76. The number of thiazole rings is 1. The lowest BCUT2D eigenvalue weighted by molar-refractivity contribution is -0.143. The van der Waals surface area contributed by atoms with E-state index < -0.39 is 23.1 Å². The van der Waals surface area contributed by atoms with E-state index in [2.05, 4.69) is 25.8 Å². The summed E-state index contributed by atoms with van der Waals surface area (Å²) in [6.07, 6.45) is 6.15. The number of aryl methyl sites for hydroxylation is 1. The van der Waals surface area contributed by atoms with Gasteiger partial charge in [-0.25, -0.2) is 9.78 Å². The van der Waals surface area contributed by atoms with Crippen molar-refractivity contribution in [3.63, 3.8) is 0 Å². The number of benzene rings is 1. The van der Waals surface area contributed by atoms with Gasteiger partial charge in [-0.15, -0.1) is 11.3 Å². The fourth-order valence-corrected chi connectivity index (χ4v) is 7.58. The zero-order valence-corrected chi connectivity index (χ0v) is 32.6. The Morgan fingerprint density at radius 2 is 1.65 bits per heavy atom. The number of carbonyl (C=O) groups excluding carboxylic acids is 4. The van der Waals surface area contributed by atoms with Gasteiger partial charge in [-0.05, 0) is 108 Å². The van der Waals surface area contributed by atoms with Gasteiger partial charge in [0.1, 0.15) is 17.7 Å². The Labute approximate surface area is 308 Å². The second-order valence-electron chi connectivity index (χ2n) is 16.2. The molecule has 2 aliphatic heterocycles. The van der Waals surface area contributed by atoms with Crippen molar-refractivity contribution in [2.24, 2.45) is 11.3 Å². The van der Waals surface area contributed by atoms with Crippen LogP contribution in [0.3, 0.4) is 0 Å². The van der Waals surface area contributed by atoms with Gasteiger partial charge in [0.15, 0.2) is 0 Å². The molecule has 4 amide bonds. The van der Waals surface area contributed by atoms with Crippen molar-refractivity contribution >= 4 is 35.2 Å². The topological polar surface area (TPSA) is 133 Å². The van der Waals surface area contributed by atoms with Crippen molar-refractivity contribution in [3.8, 4) is 10.4 Å². The number of rotatable bonds is 14. The second kappa shape index (κ2) is 18.3. The van der Waals surface area contributed by atoms with Crippen molar-refractivity contribution in [1.29, 1.82) is 0 Å². The van der Waals surface area contributed by atoms with E-state index >= 15 is 0 Å². The molecule has 2 aliphatic rings. The van der Waals surface area contributed by atoms with E-state index in [-0.39, 0.29) is 23.8 Å². The standard InChI is InChI=1S/C39H60N6O5S/c1-27-33(51-26-42-27)30-16-14-28(15-17-30)24-40-35(47)31-12-11-21-45(31)36(48)34(38(2,3)4)43-32(46)13-9-8-10-20-44-22-18-29(19-23-44)25-41-37(49)50-39(5,6)7/h14-17,26,29,31,34H,8-13,18-25H2,1-7H3,(H,40,47)(H,41,49)(H,43,46). The van der Waals surface area contributed by atoms with Gasteiger partial charge in [-0.3, -0.25) is 14.4 Å². The first-order chi connectivity index (χ1) is 24.1. The predicted octanol–water partition coefficient (Wildman–Crippen LogP) is 6.05. The second-order valence-corrected chi connectivity index (χ2v) is 17.1. The minimum Gasteiger partial charge on any atom is -0.444 e. The molecular formula is C39H60N6O5S. The van der Waals surface area contributed by atoms with Crippen molar-refractivity contribution in [1.82, 2.24) is 30.7 Å². The summed E-state index contributed by atoms with van der Waals surface area (Å²) in [4.78, 5) is 61.9. The number of nitrogens with zero attached hydrogens (tertiary/aromatic N) is 3. The number of hydrogen-bond donors (Lipinski definition) is 3. The highest BCUT2D eigenvalue weighted by Crippen LogP contribution is 2.28. The Kier molecular flexibility index (Phi) is 14.5. The van der Waals surface area contributed by atoms with E-state index in [0.29, 0.717) is 38.4 Å². The van der Waals surface area contributed by atoms with Crippen LogP contribution in [0.5, 0.6) is 0 Å². The number of unbranched alkanes of at least 4 members (excludes halogenated alkanes) is 2. The molecule has 2 aromatic rings. The molecule has 51 heavy (non-hydrogen) atoms. The highest BCUT2D eigenvalue weighted by Gasteiger charge is 2.41.